The van der Waals surface area contributed by atoms with Crippen molar-refractivity contribution in [3.05, 3.63) is 16.6 Å². The van der Waals surface area contributed by atoms with Gasteiger partial charge in [-0.3, -0.25) is 0 Å². The predicted molar refractivity (Wildman–Crippen MR) is 33.2 cm³/mol. The normalized spacial score (nSPS) is 10.4. The molecule has 0 aromatic carbocycles. The highest BCUT2D eigenvalue weighted by molar-refractivity contribution is 7.07. The highest BCUT2D eigenvalue weighted by Gasteiger charge is 1.97. The number of rotatable bonds is 1. The second-order valence-electron chi connectivity index (χ2n) is 1.44. The van der Waals surface area contributed by atoms with Gasteiger partial charge in [0.05, 0.1) is 17.4 Å². The third kappa shape index (κ3) is 1.03. The third-order valence-electron chi connectivity index (χ3n) is 0.793. The largest absolute Gasteiger partial charge is 0.311 e. The lowest BCUT2D eigenvalue weighted by Gasteiger charge is -1.95. The van der Waals surface area contributed by atoms with Crippen molar-refractivity contribution in [2.24, 2.45) is 11.5 Å². The van der Waals surface area contributed by atoms with Crippen LogP contribution in [-0.2, 0) is 0 Å². The standard InChI is InChI=1S/C4H7N3S/c5-4(6)3-1-8-2-7-3/h1-2,4H,5-6H2. The van der Waals surface area contributed by atoms with Crippen molar-refractivity contribution >= 4 is 11.3 Å². The van der Waals surface area contributed by atoms with Crippen LogP contribution in [0.5, 0.6) is 0 Å². The zero-order chi connectivity index (χ0) is 5.98. The van der Waals surface area contributed by atoms with Crippen LogP contribution in [0.15, 0.2) is 10.9 Å². The van der Waals surface area contributed by atoms with Crippen LogP contribution >= 0.6 is 11.3 Å². The van der Waals surface area contributed by atoms with Crippen LogP contribution in [0.3, 0.4) is 0 Å². The van der Waals surface area contributed by atoms with E-state index in [0.29, 0.717) is 0 Å². The Labute approximate surface area is 51.3 Å². The Balaban J connectivity index is 2.77. The molecule has 0 fully saturated rings. The molecule has 0 aliphatic rings. The van der Waals surface area contributed by atoms with E-state index in [-0.39, 0.29) is 0 Å². The highest BCUT2D eigenvalue weighted by atomic mass is 32.1. The maximum absolute atomic E-state index is 5.28. The van der Waals surface area contributed by atoms with E-state index in [4.69, 9.17) is 11.5 Å². The molecule has 0 radical (unpaired) electrons. The van der Waals surface area contributed by atoms with Crippen molar-refractivity contribution in [3.63, 3.8) is 0 Å². The molecule has 0 aliphatic heterocycles. The first-order valence-electron chi connectivity index (χ1n) is 2.20. The second-order valence-corrected chi connectivity index (χ2v) is 2.16. The van der Waals surface area contributed by atoms with E-state index in [1.807, 2.05) is 5.38 Å². The predicted octanol–water partition coefficient (Wildman–Crippen LogP) is 0.0591. The van der Waals surface area contributed by atoms with Crippen molar-refractivity contribution in [3.8, 4) is 0 Å². The average molecular weight is 129 g/mol. The Morgan fingerprint density at radius 2 is 2.38 bits per heavy atom. The summed E-state index contributed by atoms with van der Waals surface area (Å²) in [5.74, 6) is 0. The van der Waals surface area contributed by atoms with Crippen LogP contribution in [0.25, 0.3) is 0 Å². The zero-order valence-electron chi connectivity index (χ0n) is 4.24. The molecule has 0 bridgehead atoms. The van der Waals surface area contributed by atoms with E-state index in [1.165, 1.54) is 11.3 Å². The Kier molecular flexibility index (Phi) is 1.57. The summed E-state index contributed by atoms with van der Waals surface area (Å²) in [6.07, 6.45) is -0.416. The van der Waals surface area contributed by atoms with E-state index < -0.39 is 6.17 Å². The molecule has 0 unspecified atom stereocenters. The molecule has 0 amide bonds. The Morgan fingerprint density at radius 3 is 2.62 bits per heavy atom. The summed E-state index contributed by atoms with van der Waals surface area (Å²) in [5, 5.41) is 1.84. The lowest BCUT2D eigenvalue weighted by atomic mass is 10.4. The molecule has 3 nitrogen and oxygen atoms in total. The molecule has 1 aromatic rings. The van der Waals surface area contributed by atoms with Gasteiger partial charge in [0, 0.05) is 5.38 Å². The van der Waals surface area contributed by atoms with Crippen LogP contribution < -0.4 is 11.5 Å². The highest BCUT2D eigenvalue weighted by Crippen LogP contribution is 2.03. The quantitative estimate of drug-likeness (QED) is 0.527. The van der Waals surface area contributed by atoms with Crippen LogP contribution in [0, 0.1) is 0 Å². The number of hydrogen-bond acceptors (Lipinski definition) is 4. The fourth-order valence-electron chi connectivity index (χ4n) is 0.386. The maximum atomic E-state index is 5.28. The molecular formula is C4H7N3S. The van der Waals surface area contributed by atoms with Crippen LogP contribution in [0.2, 0.25) is 0 Å². The summed E-state index contributed by atoms with van der Waals surface area (Å²) in [5.41, 5.74) is 13.0. The van der Waals surface area contributed by atoms with Gasteiger partial charge in [-0.2, -0.15) is 0 Å². The molecule has 4 heteroatoms. The minimum absolute atomic E-state index is 0.416. The molecule has 44 valence electrons. The van der Waals surface area contributed by atoms with Crippen molar-refractivity contribution < 1.29 is 0 Å². The van der Waals surface area contributed by atoms with E-state index in [9.17, 15) is 0 Å². The SMILES string of the molecule is NC(N)c1cscn1. The van der Waals surface area contributed by atoms with Gasteiger partial charge >= 0.3 is 0 Å². The smallest absolute Gasteiger partial charge is 0.0968 e. The van der Waals surface area contributed by atoms with Gasteiger partial charge in [-0.25, -0.2) is 4.98 Å². The molecule has 0 atom stereocenters. The topological polar surface area (TPSA) is 64.9 Å². The van der Waals surface area contributed by atoms with E-state index in [0.717, 1.165) is 5.69 Å². The van der Waals surface area contributed by atoms with Crippen LogP contribution in [-0.4, -0.2) is 4.98 Å². The Morgan fingerprint density at radius 1 is 1.62 bits per heavy atom. The first kappa shape index (κ1) is 5.68. The van der Waals surface area contributed by atoms with Gasteiger partial charge in [-0.1, -0.05) is 0 Å². The first-order chi connectivity index (χ1) is 3.80. The van der Waals surface area contributed by atoms with Gasteiger partial charge in [0.2, 0.25) is 0 Å². The van der Waals surface area contributed by atoms with Gasteiger partial charge < -0.3 is 11.5 Å². The maximum Gasteiger partial charge on any atom is 0.0968 e. The molecule has 0 aliphatic carbocycles. The van der Waals surface area contributed by atoms with E-state index >= 15 is 0 Å². The lowest BCUT2D eigenvalue weighted by Crippen LogP contribution is -2.20. The van der Waals surface area contributed by atoms with Crippen molar-refractivity contribution in [1.82, 2.24) is 4.98 Å². The summed E-state index contributed by atoms with van der Waals surface area (Å²) in [6, 6.07) is 0. The summed E-state index contributed by atoms with van der Waals surface area (Å²) in [7, 11) is 0. The minimum Gasteiger partial charge on any atom is -0.311 e. The van der Waals surface area contributed by atoms with Gasteiger partial charge in [0.15, 0.2) is 0 Å². The molecule has 1 rings (SSSR count). The molecule has 0 saturated heterocycles. The fraction of sp³-hybridized carbons (Fsp3) is 0.250. The van der Waals surface area contributed by atoms with Crippen LogP contribution in [0.1, 0.15) is 11.9 Å². The number of thiazole rings is 1. The van der Waals surface area contributed by atoms with Gasteiger partial charge in [-0.15, -0.1) is 11.3 Å². The number of nitrogens with two attached hydrogens (primary N) is 2. The zero-order valence-corrected chi connectivity index (χ0v) is 5.06. The summed E-state index contributed by atoms with van der Waals surface area (Å²) in [6.45, 7) is 0. The summed E-state index contributed by atoms with van der Waals surface area (Å²) < 4.78 is 0. The lowest BCUT2D eigenvalue weighted by molar-refractivity contribution is 0.749. The number of hydrogen-bond donors (Lipinski definition) is 2. The molecule has 4 N–H and O–H groups in total. The number of aromatic nitrogens is 1. The van der Waals surface area contributed by atoms with Gasteiger partial charge in [0.25, 0.3) is 0 Å². The minimum atomic E-state index is -0.416. The Bertz CT molecular complexity index is 146. The molecule has 0 saturated carbocycles. The van der Waals surface area contributed by atoms with E-state index in [1.54, 1.807) is 5.51 Å². The van der Waals surface area contributed by atoms with Crippen molar-refractivity contribution in [2.45, 2.75) is 6.17 Å². The molecule has 0 spiro atoms. The second kappa shape index (κ2) is 2.21. The van der Waals surface area contributed by atoms with Crippen molar-refractivity contribution in [2.75, 3.05) is 0 Å². The molecular weight excluding hydrogens is 122 g/mol. The third-order valence-corrected chi connectivity index (χ3v) is 1.40. The number of nitrogens with zero attached hydrogens (tertiary/aromatic N) is 1. The Hall–Kier alpha value is -0.450. The van der Waals surface area contributed by atoms with E-state index in [2.05, 4.69) is 4.98 Å². The monoisotopic (exact) mass is 129 g/mol. The first-order valence-corrected chi connectivity index (χ1v) is 3.14. The average Bonchev–Trinajstić information content (AvgIpc) is 2.12. The molecule has 8 heavy (non-hydrogen) atoms. The van der Waals surface area contributed by atoms with Crippen molar-refractivity contribution in [1.29, 1.82) is 0 Å². The van der Waals surface area contributed by atoms with Gasteiger partial charge in [-0.05, 0) is 0 Å². The van der Waals surface area contributed by atoms with Crippen LogP contribution in [0.4, 0.5) is 0 Å². The van der Waals surface area contributed by atoms with Gasteiger partial charge in [0.1, 0.15) is 0 Å². The fourth-order valence-corrected chi connectivity index (χ4v) is 0.987. The summed E-state index contributed by atoms with van der Waals surface area (Å²) in [4.78, 5) is 3.88. The molecule has 1 aromatic heterocycles. The summed E-state index contributed by atoms with van der Waals surface area (Å²) >= 11 is 1.50. The molecule has 1 heterocycles.